The summed E-state index contributed by atoms with van der Waals surface area (Å²) in [6.07, 6.45) is 5.85. The smallest absolute Gasteiger partial charge is 0.230 e. The van der Waals surface area contributed by atoms with Crippen molar-refractivity contribution in [1.29, 1.82) is 0 Å². The summed E-state index contributed by atoms with van der Waals surface area (Å²) in [6.45, 7) is 4.97. The average molecular weight is 275 g/mol. The summed E-state index contributed by atoms with van der Waals surface area (Å²) in [4.78, 5) is 14.6. The van der Waals surface area contributed by atoms with Gasteiger partial charge in [0, 0.05) is 12.5 Å². The molecule has 3 nitrogen and oxygen atoms in total. The third kappa shape index (κ3) is 2.97. The van der Waals surface area contributed by atoms with Crippen LogP contribution in [0.4, 0.5) is 5.69 Å². The molecule has 0 saturated heterocycles. The molecule has 0 radical (unpaired) electrons. The lowest BCUT2D eigenvalue weighted by atomic mass is 9.94. The second-order valence-electron chi connectivity index (χ2n) is 5.65. The topological polar surface area (TPSA) is 40.5 Å². The molecule has 0 aromatic heterocycles. The Bertz CT molecular complexity index is 464. The van der Waals surface area contributed by atoms with Crippen LogP contribution in [0.1, 0.15) is 51.5 Å². The van der Waals surface area contributed by atoms with E-state index < -0.39 is 0 Å². The van der Waals surface area contributed by atoms with Crippen LogP contribution in [0.3, 0.4) is 0 Å². The van der Waals surface area contributed by atoms with E-state index in [1.54, 1.807) is 6.07 Å². The highest BCUT2D eigenvalue weighted by atomic mass is 16.3. The van der Waals surface area contributed by atoms with E-state index in [2.05, 4.69) is 13.8 Å². The lowest BCUT2D eigenvalue weighted by Gasteiger charge is -2.32. The van der Waals surface area contributed by atoms with Crippen LogP contribution in [-0.2, 0) is 11.2 Å². The molecule has 1 aromatic rings. The quantitative estimate of drug-likeness (QED) is 0.885. The van der Waals surface area contributed by atoms with Gasteiger partial charge in [0.1, 0.15) is 5.75 Å². The molecule has 0 aliphatic carbocycles. The van der Waals surface area contributed by atoms with Crippen molar-refractivity contribution >= 4 is 11.6 Å². The van der Waals surface area contributed by atoms with Gasteiger partial charge in [-0.05, 0) is 37.3 Å². The minimum absolute atomic E-state index is 0.0931. The average Bonchev–Trinajstić information content (AvgIpc) is 2.46. The van der Waals surface area contributed by atoms with E-state index in [0.717, 1.165) is 56.3 Å². The molecule has 1 N–H and O–H groups in total. The molecule has 1 heterocycles. The fourth-order valence-corrected chi connectivity index (χ4v) is 3.16. The summed E-state index contributed by atoms with van der Waals surface area (Å²) in [5, 5.41) is 10.1. The van der Waals surface area contributed by atoms with E-state index in [4.69, 9.17) is 0 Å². The highest BCUT2D eigenvalue weighted by Crippen LogP contribution is 2.36. The van der Waals surface area contributed by atoms with E-state index in [0.29, 0.717) is 0 Å². The summed E-state index contributed by atoms with van der Waals surface area (Å²) < 4.78 is 0. The van der Waals surface area contributed by atoms with Gasteiger partial charge in [0.15, 0.2) is 0 Å². The number of aromatic hydroxyl groups is 1. The molecule has 0 fully saturated rings. The summed E-state index contributed by atoms with van der Waals surface area (Å²) in [6, 6.07) is 5.56. The number of benzene rings is 1. The molecular weight excluding hydrogens is 250 g/mol. The zero-order chi connectivity index (χ0) is 14.5. The molecule has 1 aliphatic heterocycles. The Hall–Kier alpha value is -1.51. The number of amides is 1. The van der Waals surface area contributed by atoms with Gasteiger partial charge >= 0.3 is 0 Å². The normalized spacial score (nSPS) is 14.4. The minimum atomic E-state index is 0.0931. The summed E-state index contributed by atoms with van der Waals surface area (Å²) in [5.74, 6) is 0.522. The van der Waals surface area contributed by atoms with Crippen molar-refractivity contribution < 1.29 is 9.90 Å². The van der Waals surface area contributed by atoms with Crippen molar-refractivity contribution in [3.8, 4) is 5.75 Å². The zero-order valence-corrected chi connectivity index (χ0v) is 12.6. The Labute approximate surface area is 121 Å². The van der Waals surface area contributed by atoms with Crippen LogP contribution in [0.15, 0.2) is 18.2 Å². The van der Waals surface area contributed by atoms with Crippen LogP contribution in [0.5, 0.6) is 5.75 Å². The molecule has 110 valence electrons. The van der Waals surface area contributed by atoms with Crippen molar-refractivity contribution in [2.45, 2.75) is 52.4 Å². The number of nitrogens with zero attached hydrogens (tertiary/aromatic N) is 1. The number of rotatable bonds is 5. The number of phenols is 1. The molecule has 20 heavy (non-hydrogen) atoms. The Morgan fingerprint density at radius 1 is 1.30 bits per heavy atom. The van der Waals surface area contributed by atoms with E-state index in [1.165, 1.54) is 0 Å². The van der Waals surface area contributed by atoms with Gasteiger partial charge in [0.2, 0.25) is 5.91 Å². The van der Waals surface area contributed by atoms with E-state index in [1.807, 2.05) is 17.0 Å². The van der Waals surface area contributed by atoms with Gasteiger partial charge in [-0.3, -0.25) is 4.79 Å². The summed E-state index contributed by atoms with van der Waals surface area (Å²) in [5.41, 5.74) is 1.84. The molecular formula is C17H25NO2. The number of carbonyl (C=O) groups excluding carboxylic acids is 1. The standard InChI is InChI=1S/C17H25NO2/c1-3-7-14(8-4-2)17(20)18-12-6-10-13-9-5-11-15(19)16(13)18/h5,9,11,14,19H,3-4,6-8,10,12H2,1-2H3. The van der Waals surface area contributed by atoms with Gasteiger partial charge in [-0.25, -0.2) is 0 Å². The largest absolute Gasteiger partial charge is 0.506 e. The molecule has 0 bridgehead atoms. The molecule has 0 spiro atoms. The highest BCUT2D eigenvalue weighted by molar-refractivity contribution is 5.97. The lowest BCUT2D eigenvalue weighted by Crippen LogP contribution is -2.39. The number of fused-ring (bicyclic) bond motifs is 1. The van der Waals surface area contributed by atoms with Gasteiger partial charge in [-0.2, -0.15) is 0 Å². The van der Waals surface area contributed by atoms with Crippen molar-refractivity contribution in [2.24, 2.45) is 5.92 Å². The maximum Gasteiger partial charge on any atom is 0.230 e. The van der Waals surface area contributed by atoms with Crippen LogP contribution >= 0.6 is 0 Å². The summed E-state index contributed by atoms with van der Waals surface area (Å²) >= 11 is 0. The molecule has 1 aliphatic rings. The fraction of sp³-hybridized carbons (Fsp3) is 0.588. The number of anilines is 1. The maximum atomic E-state index is 12.8. The maximum absolute atomic E-state index is 12.8. The number of para-hydroxylation sites is 1. The zero-order valence-electron chi connectivity index (χ0n) is 12.6. The first-order valence-electron chi connectivity index (χ1n) is 7.81. The van der Waals surface area contributed by atoms with E-state index >= 15 is 0 Å². The second kappa shape index (κ2) is 6.78. The molecule has 3 heteroatoms. The van der Waals surface area contributed by atoms with Crippen LogP contribution in [0.2, 0.25) is 0 Å². The van der Waals surface area contributed by atoms with Crippen LogP contribution in [-0.4, -0.2) is 17.6 Å². The summed E-state index contributed by atoms with van der Waals surface area (Å²) in [7, 11) is 0. The SMILES string of the molecule is CCCC(CCC)C(=O)N1CCCc2cccc(O)c21. The van der Waals surface area contributed by atoms with Crippen molar-refractivity contribution in [3.63, 3.8) is 0 Å². The number of aryl methyl sites for hydroxylation is 1. The fourth-order valence-electron chi connectivity index (χ4n) is 3.16. The molecule has 0 atom stereocenters. The second-order valence-corrected chi connectivity index (χ2v) is 5.65. The van der Waals surface area contributed by atoms with Crippen LogP contribution < -0.4 is 4.90 Å². The molecule has 0 unspecified atom stereocenters. The molecule has 1 aromatic carbocycles. The number of hydrogen-bond acceptors (Lipinski definition) is 2. The first-order chi connectivity index (χ1) is 9.69. The third-order valence-electron chi connectivity index (χ3n) is 4.09. The Balaban J connectivity index is 2.27. The predicted molar refractivity (Wildman–Crippen MR) is 82.1 cm³/mol. The van der Waals surface area contributed by atoms with Crippen LogP contribution in [0, 0.1) is 5.92 Å². The monoisotopic (exact) mass is 275 g/mol. The highest BCUT2D eigenvalue weighted by Gasteiger charge is 2.29. The first-order valence-corrected chi connectivity index (χ1v) is 7.81. The van der Waals surface area contributed by atoms with E-state index in [-0.39, 0.29) is 17.6 Å². The van der Waals surface area contributed by atoms with Crippen molar-refractivity contribution in [1.82, 2.24) is 0 Å². The Kier molecular flexibility index (Phi) is 5.05. The number of hydrogen-bond donors (Lipinski definition) is 1. The number of phenolic OH excluding ortho intramolecular Hbond substituents is 1. The van der Waals surface area contributed by atoms with Gasteiger partial charge in [-0.15, -0.1) is 0 Å². The molecule has 1 amide bonds. The lowest BCUT2D eigenvalue weighted by molar-refractivity contribution is -0.123. The van der Waals surface area contributed by atoms with E-state index in [9.17, 15) is 9.90 Å². The van der Waals surface area contributed by atoms with Gasteiger partial charge in [-0.1, -0.05) is 38.8 Å². The predicted octanol–water partition coefficient (Wildman–Crippen LogP) is 3.89. The molecule has 2 rings (SSSR count). The van der Waals surface area contributed by atoms with Gasteiger partial charge in [0.05, 0.1) is 5.69 Å². The van der Waals surface area contributed by atoms with Gasteiger partial charge < -0.3 is 10.0 Å². The first kappa shape index (κ1) is 14.9. The minimum Gasteiger partial charge on any atom is -0.506 e. The van der Waals surface area contributed by atoms with Crippen molar-refractivity contribution in [3.05, 3.63) is 23.8 Å². The Morgan fingerprint density at radius 2 is 2.00 bits per heavy atom. The Morgan fingerprint density at radius 3 is 2.65 bits per heavy atom. The molecule has 0 saturated carbocycles. The number of carbonyl (C=O) groups is 1. The van der Waals surface area contributed by atoms with Gasteiger partial charge in [0.25, 0.3) is 0 Å². The van der Waals surface area contributed by atoms with Crippen LogP contribution in [0.25, 0.3) is 0 Å². The third-order valence-corrected chi connectivity index (χ3v) is 4.09. The van der Waals surface area contributed by atoms with Crippen molar-refractivity contribution in [2.75, 3.05) is 11.4 Å².